The van der Waals surface area contributed by atoms with Crippen LogP contribution in [0.3, 0.4) is 0 Å². The highest BCUT2D eigenvalue weighted by Gasteiger charge is 2.24. The number of hydrogen-bond acceptors (Lipinski definition) is 2. The first kappa shape index (κ1) is 15.1. The zero-order chi connectivity index (χ0) is 12.4. The van der Waals surface area contributed by atoms with Gasteiger partial charge in [0.1, 0.15) is 5.82 Å². The van der Waals surface area contributed by atoms with E-state index in [1.807, 2.05) is 4.90 Å². The standard InChI is InChI=1S/C12H14ClFN2O.H2S/c13-10-2-1-9(6-11(10)14)16-4-3-8(7-16)5-12(15)17;/h1-2,6,8H,3-5,7H2,(H2,15,17);1H2/t8-;/m0./s1. The number of amides is 1. The summed E-state index contributed by atoms with van der Waals surface area (Å²) < 4.78 is 13.3. The van der Waals surface area contributed by atoms with Gasteiger partial charge in [0.25, 0.3) is 0 Å². The Morgan fingerprint density at radius 3 is 2.89 bits per heavy atom. The van der Waals surface area contributed by atoms with Crippen LogP contribution in [0.25, 0.3) is 0 Å². The molecule has 0 aliphatic carbocycles. The van der Waals surface area contributed by atoms with Gasteiger partial charge in [-0.15, -0.1) is 0 Å². The van der Waals surface area contributed by atoms with Crippen LogP contribution in [0.2, 0.25) is 5.02 Å². The number of rotatable bonds is 3. The van der Waals surface area contributed by atoms with E-state index >= 15 is 0 Å². The second kappa shape index (κ2) is 6.29. The van der Waals surface area contributed by atoms with E-state index in [0.717, 1.165) is 25.2 Å². The lowest BCUT2D eigenvalue weighted by molar-refractivity contribution is -0.118. The van der Waals surface area contributed by atoms with Crippen LogP contribution in [0.15, 0.2) is 18.2 Å². The summed E-state index contributed by atoms with van der Waals surface area (Å²) >= 11 is 5.63. The van der Waals surface area contributed by atoms with E-state index in [9.17, 15) is 9.18 Å². The molecule has 1 aliphatic rings. The average molecular weight is 291 g/mol. The SMILES string of the molecule is NC(=O)C[C@@H]1CCN(c2ccc(Cl)c(F)c2)C1.S. The minimum absolute atomic E-state index is 0. The largest absolute Gasteiger partial charge is 0.371 e. The van der Waals surface area contributed by atoms with E-state index in [2.05, 4.69) is 0 Å². The van der Waals surface area contributed by atoms with Crippen LogP contribution in [0.4, 0.5) is 10.1 Å². The van der Waals surface area contributed by atoms with Crippen LogP contribution in [0.1, 0.15) is 12.8 Å². The van der Waals surface area contributed by atoms with Crippen molar-refractivity contribution in [3.8, 4) is 0 Å². The quantitative estimate of drug-likeness (QED) is 0.928. The van der Waals surface area contributed by atoms with Crippen molar-refractivity contribution in [2.24, 2.45) is 11.7 Å². The van der Waals surface area contributed by atoms with Gasteiger partial charge >= 0.3 is 0 Å². The molecule has 1 fully saturated rings. The summed E-state index contributed by atoms with van der Waals surface area (Å²) in [6.45, 7) is 1.56. The molecular weight excluding hydrogens is 275 g/mol. The third-order valence-corrected chi connectivity index (χ3v) is 3.35. The first-order valence-electron chi connectivity index (χ1n) is 5.54. The van der Waals surface area contributed by atoms with E-state index in [0.29, 0.717) is 6.42 Å². The van der Waals surface area contributed by atoms with Crippen molar-refractivity contribution in [2.75, 3.05) is 18.0 Å². The summed E-state index contributed by atoms with van der Waals surface area (Å²) in [5.41, 5.74) is 5.97. The molecule has 6 heteroatoms. The second-order valence-corrected chi connectivity index (χ2v) is 4.78. The summed E-state index contributed by atoms with van der Waals surface area (Å²) in [6.07, 6.45) is 1.31. The van der Waals surface area contributed by atoms with Gasteiger partial charge < -0.3 is 10.6 Å². The molecule has 1 aromatic carbocycles. The molecular formula is C12H16ClFN2OS. The number of nitrogens with zero attached hydrogens (tertiary/aromatic N) is 1. The molecule has 1 aromatic rings. The van der Waals surface area contributed by atoms with Gasteiger partial charge in [-0.25, -0.2) is 4.39 Å². The lowest BCUT2D eigenvalue weighted by Gasteiger charge is -2.18. The Kier molecular flexibility index (Phi) is 5.28. The maximum atomic E-state index is 13.3. The molecule has 1 saturated heterocycles. The molecule has 2 rings (SSSR count). The fraction of sp³-hybridized carbons (Fsp3) is 0.417. The van der Waals surface area contributed by atoms with Crippen molar-refractivity contribution in [1.82, 2.24) is 0 Å². The highest BCUT2D eigenvalue weighted by molar-refractivity contribution is 7.59. The van der Waals surface area contributed by atoms with Gasteiger partial charge in [0.2, 0.25) is 5.91 Å². The molecule has 100 valence electrons. The fourth-order valence-corrected chi connectivity index (χ4v) is 2.32. The number of carbonyl (C=O) groups excluding carboxylic acids is 1. The van der Waals surface area contributed by atoms with Gasteiger partial charge in [0.05, 0.1) is 5.02 Å². The Hall–Kier alpha value is -0.940. The van der Waals surface area contributed by atoms with Gasteiger partial charge in [0, 0.05) is 25.2 Å². The summed E-state index contributed by atoms with van der Waals surface area (Å²) in [6, 6.07) is 4.76. The van der Waals surface area contributed by atoms with Crippen molar-refractivity contribution in [2.45, 2.75) is 12.8 Å². The smallest absolute Gasteiger partial charge is 0.217 e. The molecule has 0 saturated carbocycles. The van der Waals surface area contributed by atoms with E-state index in [1.165, 1.54) is 6.07 Å². The molecule has 0 bridgehead atoms. The number of carbonyl (C=O) groups is 1. The normalized spacial score (nSPS) is 18.6. The fourth-order valence-electron chi connectivity index (χ4n) is 2.20. The molecule has 2 N–H and O–H groups in total. The van der Waals surface area contributed by atoms with Gasteiger partial charge in [0.15, 0.2) is 0 Å². The number of primary amides is 1. The average Bonchev–Trinajstić information content (AvgIpc) is 2.69. The lowest BCUT2D eigenvalue weighted by Crippen LogP contribution is -2.22. The van der Waals surface area contributed by atoms with Crippen LogP contribution < -0.4 is 10.6 Å². The molecule has 1 amide bonds. The summed E-state index contributed by atoms with van der Waals surface area (Å²) in [5.74, 6) is -0.423. The number of nitrogens with two attached hydrogens (primary N) is 1. The highest BCUT2D eigenvalue weighted by atomic mass is 35.5. The predicted octanol–water partition coefficient (Wildman–Crippen LogP) is 2.29. The van der Waals surface area contributed by atoms with Crippen molar-refractivity contribution in [3.63, 3.8) is 0 Å². The lowest BCUT2D eigenvalue weighted by atomic mass is 10.1. The second-order valence-electron chi connectivity index (χ2n) is 4.37. The van der Waals surface area contributed by atoms with Crippen LogP contribution in [0, 0.1) is 11.7 Å². The van der Waals surface area contributed by atoms with Crippen LogP contribution >= 0.6 is 25.1 Å². The predicted molar refractivity (Wildman–Crippen MR) is 75.9 cm³/mol. The minimum Gasteiger partial charge on any atom is -0.371 e. The molecule has 1 heterocycles. The summed E-state index contributed by atoms with van der Waals surface area (Å²) in [7, 11) is 0. The Bertz CT molecular complexity index is 444. The van der Waals surface area contributed by atoms with E-state index in [1.54, 1.807) is 12.1 Å². The third kappa shape index (κ3) is 3.53. The van der Waals surface area contributed by atoms with Gasteiger partial charge in [-0.05, 0) is 30.5 Å². The maximum absolute atomic E-state index is 13.3. The maximum Gasteiger partial charge on any atom is 0.217 e. The van der Waals surface area contributed by atoms with Crippen molar-refractivity contribution in [1.29, 1.82) is 0 Å². The monoisotopic (exact) mass is 290 g/mol. The number of anilines is 1. The topological polar surface area (TPSA) is 46.3 Å². The van der Waals surface area contributed by atoms with Gasteiger partial charge in [-0.2, -0.15) is 13.5 Å². The number of halogens is 2. The van der Waals surface area contributed by atoms with Crippen LogP contribution in [0.5, 0.6) is 0 Å². The molecule has 18 heavy (non-hydrogen) atoms. The minimum atomic E-state index is -0.414. The molecule has 3 nitrogen and oxygen atoms in total. The van der Waals surface area contributed by atoms with E-state index < -0.39 is 5.82 Å². The summed E-state index contributed by atoms with van der Waals surface area (Å²) in [5, 5.41) is 0.127. The Morgan fingerprint density at radius 2 is 2.28 bits per heavy atom. The molecule has 0 spiro atoms. The summed E-state index contributed by atoms with van der Waals surface area (Å²) in [4.78, 5) is 12.9. The molecule has 0 unspecified atom stereocenters. The zero-order valence-electron chi connectivity index (χ0n) is 9.83. The molecule has 1 aliphatic heterocycles. The molecule has 0 radical (unpaired) electrons. The van der Waals surface area contributed by atoms with Crippen molar-refractivity contribution >= 4 is 36.7 Å². The van der Waals surface area contributed by atoms with Crippen molar-refractivity contribution < 1.29 is 9.18 Å². The highest BCUT2D eigenvalue weighted by Crippen LogP contribution is 2.28. The number of hydrogen-bond donors (Lipinski definition) is 1. The van der Waals surface area contributed by atoms with Gasteiger partial charge in [-0.1, -0.05) is 11.6 Å². The third-order valence-electron chi connectivity index (χ3n) is 3.04. The Morgan fingerprint density at radius 1 is 1.56 bits per heavy atom. The van der Waals surface area contributed by atoms with Gasteiger partial charge in [-0.3, -0.25) is 4.79 Å². The molecule has 0 aromatic heterocycles. The van der Waals surface area contributed by atoms with Crippen molar-refractivity contribution in [3.05, 3.63) is 29.0 Å². The first-order chi connectivity index (χ1) is 8.06. The Balaban J connectivity index is 0.00000162. The van der Waals surface area contributed by atoms with Crippen LogP contribution in [-0.2, 0) is 4.79 Å². The van der Waals surface area contributed by atoms with Crippen LogP contribution in [-0.4, -0.2) is 19.0 Å². The van der Waals surface area contributed by atoms with E-state index in [4.69, 9.17) is 17.3 Å². The molecule has 1 atom stereocenters. The Labute approximate surface area is 118 Å². The number of benzene rings is 1. The zero-order valence-corrected chi connectivity index (χ0v) is 11.6. The first-order valence-corrected chi connectivity index (χ1v) is 5.92. The van der Waals surface area contributed by atoms with E-state index in [-0.39, 0.29) is 30.3 Å².